The van der Waals surface area contributed by atoms with Crippen LogP contribution in [0.1, 0.15) is 12.8 Å². The van der Waals surface area contributed by atoms with Crippen LogP contribution >= 0.6 is 0 Å². The van der Waals surface area contributed by atoms with E-state index >= 15 is 0 Å². The maximum atomic E-state index is 11.2. The summed E-state index contributed by atoms with van der Waals surface area (Å²) < 4.78 is 10.9. The molecule has 4 unspecified atom stereocenters. The van der Waals surface area contributed by atoms with Crippen LogP contribution in [0.25, 0.3) is 0 Å². The van der Waals surface area contributed by atoms with E-state index in [1.807, 2.05) is 0 Å². The maximum absolute atomic E-state index is 11.2. The van der Waals surface area contributed by atoms with Gasteiger partial charge in [0.15, 0.2) is 5.78 Å². The van der Waals surface area contributed by atoms with Crippen LogP contribution in [0.4, 0.5) is 0 Å². The van der Waals surface area contributed by atoms with Crippen molar-refractivity contribution in [1.82, 2.24) is 0 Å². The van der Waals surface area contributed by atoms with Crippen molar-refractivity contribution in [2.75, 3.05) is 6.61 Å². The molecule has 0 aromatic carbocycles. The van der Waals surface area contributed by atoms with Crippen molar-refractivity contribution in [3.05, 3.63) is 0 Å². The van der Waals surface area contributed by atoms with Crippen molar-refractivity contribution in [1.29, 1.82) is 0 Å². The Morgan fingerprint density at radius 3 is 3.00 bits per heavy atom. The largest absolute Gasteiger partial charge is 0.371 e. The number of Topliss-reactive ketones (excluding diaryl/α,β-unsaturated/α-hetero) is 1. The SMILES string of the molecule is O=C1COC2CC3CC1C2O3. The fourth-order valence-electron chi connectivity index (χ4n) is 2.46. The van der Waals surface area contributed by atoms with E-state index in [4.69, 9.17) is 9.47 Å². The van der Waals surface area contributed by atoms with E-state index in [1.54, 1.807) is 0 Å². The Labute approximate surface area is 64.7 Å². The molecule has 3 nitrogen and oxygen atoms in total. The molecule has 4 atom stereocenters. The van der Waals surface area contributed by atoms with Crippen molar-refractivity contribution in [2.45, 2.75) is 31.2 Å². The molecule has 11 heavy (non-hydrogen) atoms. The van der Waals surface area contributed by atoms with Gasteiger partial charge in [-0.3, -0.25) is 4.79 Å². The molecule has 60 valence electrons. The second-order valence-corrected chi connectivity index (χ2v) is 3.62. The summed E-state index contributed by atoms with van der Waals surface area (Å²) in [5.74, 6) is 0.418. The van der Waals surface area contributed by atoms with Gasteiger partial charge in [-0.15, -0.1) is 0 Å². The molecule has 3 aliphatic heterocycles. The van der Waals surface area contributed by atoms with Crippen LogP contribution in [0.3, 0.4) is 0 Å². The molecular formula is C8H10O3. The lowest BCUT2D eigenvalue weighted by Gasteiger charge is -2.30. The van der Waals surface area contributed by atoms with E-state index < -0.39 is 0 Å². The zero-order chi connectivity index (χ0) is 7.42. The van der Waals surface area contributed by atoms with Gasteiger partial charge in [0.25, 0.3) is 0 Å². The zero-order valence-electron chi connectivity index (χ0n) is 6.16. The predicted molar refractivity (Wildman–Crippen MR) is 36.1 cm³/mol. The van der Waals surface area contributed by atoms with E-state index in [2.05, 4.69) is 0 Å². The minimum atomic E-state index is 0.112. The van der Waals surface area contributed by atoms with Gasteiger partial charge in [0.1, 0.15) is 6.61 Å². The second kappa shape index (κ2) is 1.84. The molecule has 3 heteroatoms. The van der Waals surface area contributed by atoms with Crippen LogP contribution in [0.15, 0.2) is 0 Å². The highest BCUT2D eigenvalue weighted by Gasteiger charge is 2.53. The van der Waals surface area contributed by atoms with Gasteiger partial charge in [0.05, 0.1) is 24.2 Å². The van der Waals surface area contributed by atoms with E-state index in [0.717, 1.165) is 12.8 Å². The summed E-state index contributed by atoms with van der Waals surface area (Å²) in [5.41, 5.74) is 0. The van der Waals surface area contributed by atoms with E-state index in [0.29, 0.717) is 12.7 Å². The van der Waals surface area contributed by atoms with Gasteiger partial charge in [0, 0.05) is 6.42 Å². The summed E-state index contributed by atoms with van der Waals surface area (Å²) in [4.78, 5) is 11.2. The Balaban J connectivity index is 1.95. The Hall–Kier alpha value is -0.410. The van der Waals surface area contributed by atoms with Crippen LogP contribution in [0.5, 0.6) is 0 Å². The normalized spacial score (nSPS) is 53.6. The summed E-state index contributed by atoms with van der Waals surface area (Å²) in [5, 5.41) is 0. The summed E-state index contributed by atoms with van der Waals surface area (Å²) in [6.07, 6.45) is 2.62. The zero-order valence-corrected chi connectivity index (χ0v) is 6.16. The minimum Gasteiger partial charge on any atom is -0.371 e. The Morgan fingerprint density at radius 1 is 1.36 bits per heavy atom. The third-order valence-corrected chi connectivity index (χ3v) is 2.98. The maximum Gasteiger partial charge on any atom is 0.164 e. The first-order valence-electron chi connectivity index (χ1n) is 4.14. The number of ketones is 1. The molecule has 0 amide bonds. The first-order valence-corrected chi connectivity index (χ1v) is 4.14. The van der Waals surface area contributed by atoms with Crippen LogP contribution in [-0.2, 0) is 14.3 Å². The van der Waals surface area contributed by atoms with Crippen molar-refractivity contribution >= 4 is 5.78 Å². The van der Waals surface area contributed by atoms with Crippen molar-refractivity contribution in [3.8, 4) is 0 Å². The lowest BCUT2D eigenvalue weighted by molar-refractivity contribution is -0.144. The van der Waals surface area contributed by atoms with Gasteiger partial charge in [-0.2, -0.15) is 0 Å². The molecule has 0 radical (unpaired) electrons. The van der Waals surface area contributed by atoms with E-state index in [-0.39, 0.29) is 23.9 Å². The highest BCUT2D eigenvalue weighted by molar-refractivity contribution is 5.84. The van der Waals surface area contributed by atoms with Gasteiger partial charge in [-0.25, -0.2) is 0 Å². The monoisotopic (exact) mass is 154 g/mol. The lowest BCUT2D eigenvalue weighted by atomic mass is 9.82. The molecule has 0 aliphatic carbocycles. The second-order valence-electron chi connectivity index (χ2n) is 3.62. The van der Waals surface area contributed by atoms with Gasteiger partial charge in [0.2, 0.25) is 0 Å². The highest BCUT2D eigenvalue weighted by atomic mass is 16.6. The Bertz CT molecular complexity index is 213. The molecule has 3 saturated heterocycles. The average molecular weight is 154 g/mol. The molecule has 2 bridgehead atoms. The molecule has 0 N–H and O–H groups in total. The Kier molecular flexibility index (Phi) is 1.03. The molecule has 0 aromatic heterocycles. The summed E-state index contributed by atoms with van der Waals surface area (Å²) in [6.45, 7) is 0.321. The first-order chi connectivity index (χ1) is 5.34. The van der Waals surface area contributed by atoms with Gasteiger partial charge in [-0.1, -0.05) is 0 Å². The standard InChI is InChI=1S/C8H10O3/c9-6-3-10-7-2-4-1-5(6)8(7)11-4/h4-5,7-8H,1-3H2. The smallest absolute Gasteiger partial charge is 0.164 e. The van der Waals surface area contributed by atoms with Crippen molar-refractivity contribution < 1.29 is 14.3 Å². The van der Waals surface area contributed by atoms with Crippen molar-refractivity contribution in [2.24, 2.45) is 5.92 Å². The predicted octanol–water partition coefficient (Wildman–Crippen LogP) is 0.132. The molecule has 3 heterocycles. The molecule has 0 spiro atoms. The fourth-order valence-corrected chi connectivity index (χ4v) is 2.46. The lowest BCUT2D eigenvalue weighted by Crippen LogP contribution is -2.44. The third kappa shape index (κ3) is 0.676. The number of hydrogen-bond acceptors (Lipinski definition) is 3. The van der Waals surface area contributed by atoms with Gasteiger partial charge in [-0.05, 0) is 6.42 Å². The first kappa shape index (κ1) is 6.14. The van der Waals surface area contributed by atoms with E-state index in [1.165, 1.54) is 0 Å². The quantitative estimate of drug-likeness (QED) is 0.497. The number of carbonyl (C=O) groups excluding carboxylic acids is 1. The number of fused-ring (bicyclic) bond motifs is 1. The fraction of sp³-hybridized carbons (Fsp3) is 0.875. The van der Waals surface area contributed by atoms with Gasteiger partial charge >= 0.3 is 0 Å². The molecule has 3 fully saturated rings. The topological polar surface area (TPSA) is 35.5 Å². The van der Waals surface area contributed by atoms with Crippen LogP contribution in [0.2, 0.25) is 0 Å². The summed E-state index contributed by atoms with van der Waals surface area (Å²) >= 11 is 0. The molecular weight excluding hydrogens is 144 g/mol. The van der Waals surface area contributed by atoms with E-state index in [9.17, 15) is 4.79 Å². The van der Waals surface area contributed by atoms with Crippen molar-refractivity contribution in [3.63, 3.8) is 0 Å². The third-order valence-electron chi connectivity index (χ3n) is 2.98. The number of carbonyl (C=O) groups is 1. The summed E-state index contributed by atoms with van der Waals surface area (Å²) in [7, 11) is 0. The molecule has 0 aromatic rings. The minimum absolute atomic E-state index is 0.112. The summed E-state index contributed by atoms with van der Waals surface area (Å²) in [6, 6.07) is 0. The number of ether oxygens (including phenoxy) is 2. The molecule has 0 saturated carbocycles. The number of hydrogen-bond donors (Lipinski definition) is 0. The average Bonchev–Trinajstić information content (AvgIpc) is 2.54. The number of rotatable bonds is 0. The van der Waals surface area contributed by atoms with Crippen LogP contribution < -0.4 is 0 Å². The van der Waals surface area contributed by atoms with Crippen LogP contribution in [0, 0.1) is 5.92 Å². The molecule has 3 aliphatic rings. The molecule has 3 rings (SSSR count). The Morgan fingerprint density at radius 2 is 2.27 bits per heavy atom. The highest BCUT2D eigenvalue weighted by Crippen LogP contribution is 2.43. The van der Waals surface area contributed by atoms with Crippen LogP contribution in [-0.4, -0.2) is 30.7 Å². The van der Waals surface area contributed by atoms with Gasteiger partial charge < -0.3 is 9.47 Å².